The zero-order chi connectivity index (χ0) is 42.1. The number of carbonyl (C=O) groups is 1. The molecule has 0 fully saturated rings. The molecule has 0 aromatic rings. The topological polar surface area (TPSA) is 69.6 Å². The second kappa shape index (κ2) is 49.7. The maximum atomic E-state index is 12.4. The van der Waals surface area contributed by atoms with Crippen LogP contribution in [-0.4, -0.2) is 34.9 Å². The molecular weight excluding hydrogens is 711 g/mol. The number of hydrogen-bond donors (Lipinski definition) is 3. The van der Waals surface area contributed by atoms with E-state index in [1.54, 1.807) is 6.08 Å². The van der Waals surface area contributed by atoms with Gasteiger partial charge >= 0.3 is 0 Å². The minimum atomic E-state index is -0.844. The Hall–Kier alpha value is -1.65. The third kappa shape index (κ3) is 45.4. The van der Waals surface area contributed by atoms with Gasteiger partial charge in [-0.3, -0.25) is 4.79 Å². The molecule has 4 heteroatoms. The van der Waals surface area contributed by atoms with Crippen molar-refractivity contribution in [2.75, 3.05) is 6.61 Å². The number of aliphatic hydroxyl groups is 2. The molecule has 0 aliphatic heterocycles. The first-order valence-electron chi connectivity index (χ1n) is 25.9. The minimum Gasteiger partial charge on any atom is -0.394 e. The number of nitrogens with one attached hydrogen (secondary N) is 1. The molecule has 0 bridgehead atoms. The molecule has 0 aliphatic rings. The lowest BCUT2D eigenvalue weighted by molar-refractivity contribution is -0.123. The Morgan fingerprint density at radius 1 is 0.414 bits per heavy atom. The molecule has 0 aliphatic carbocycles. The van der Waals surface area contributed by atoms with Crippen molar-refractivity contribution in [3.05, 3.63) is 48.6 Å². The summed E-state index contributed by atoms with van der Waals surface area (Å²) in [4.78, 5) is 12.4. The third-order valence-electron chi connectivity index (χ3n) is 11.8. The van der Waals surface area contributed by atoms with Crippen LogP contribution in [0.3, 0.4) is 0 Å². The summed E-state index contributed by atoms with van der Waals surface area (Å²) in [5.74, 6) is -0.0697. The summed E-state index contributed by atoms with van der Waals surface area (Å²) in [7, 11) is 0. The normalized spacial score (nSPS) is 13.2. The summed E-state index contributed by atoms with van der Waals surface area (Å²) in [6, 6.07) is -0.628. The number of hydrogen-bond acceptors (Lipinski definition) is 3. The third-order valence-corrected chi connectivity index (χ3v) is 11.8. The molecule has 2 unspecified atom stereocenters. The van der Waals surface area contributed by atoms with Crippen molar-refractivity contribution in [2.24, 2.45) is 0 Å². The van der Waals surface area contributed by atoms with E-state index >= 15 is 0 Å². The molecule has 0 radical (unpaired) electrons. The van der Waals surface area contributed by atoms with Crippen molar-refractivity contribution < 1.29 is 15.0 Å². The van der Waals surface area contributed by atoms with Gasteiger partial charge in [0.25, 0.3) is 0 Å². The van der Waals surface area contributed by atoms with Crippen molar-refractivity contribution in [3.8, 4) is 0 Å². The highest BCUT2D eigenvalue weighted by Crippen LogP contribution is 2.16. The Balaban J connectivity index is 3.55. The fourth-order valence-electron chi connectivity index (χ4n) is 7.83. The van der Waals surface area contributed by atoms with Gasteiger partial charge in [-0.25, -0.2) is 0 Å². The van der Waals surface area contributed by atoms with Crippen molar-refractivity contribution in [1.82, 2.24) is 5.32 Å². The molecule has 4 nitrogen and oxygen atoms in total. The van der Waals surface area contributed by atoms with E-state index < -0.39 is 12.1 Å². The first-order chi connectivity index (χ1) is 28.7. The highest BCUT2D eigenvalue weighted by Gasteiger charge is 2.18. The monoisotopic (exact) mass is 812 g/mol. The maximum absolute atomic E-state index is 12.4. The van der Waals surface area contributed by atoms with Crippen molar-refractivity contribution in [1.29, 1.82) is 0 Å². The van der Waals surface area contributed by atoms with Crippen LogP contribution in [0.15, 0.2) is 48.6 Å². The van der Waals surface area contributed by atoms with Gasteiger partial charge in [-0.1, -0.05) is 255 Å². The average Bonchev–Trinajstić information content (AvgIpc) is 3.23. The van der Waals surface area contributed by atoms with Gasteiger partial charge < -0.3 is 15.5 Å². The molecule has 2 atom stereocenters. The lowest BCUT2D eigenvalue weighted by atomic mass is 10.0. The molecule has 0 rings (SSSR count). The van der Waals surface area contributed by atoms with Crippen LogP contribution in [0, 0.1) is 0 Å². The molecule has 1 amide bonds. The van der Waals surface area contributed by atoms with E-state index in [1.165, 1.54) is 212 Å². The fourth-order valence-corrected chi connectivity index (χ4v) is 7.83. The maximum Gasteiger partial charge on any atom is 0.220 e. The Labute approximate surface area is 363 Å². The second-order valence-electron chi connectivity index (χ2n) is 17.6. The molecule has 3 N–H and O–H groups in total. The largest absolute Gasteiger partial charge is 0.394 e. The first kappa shape index (κ1) is 56.4. The van der Waals surface area contributed by atoms with Crippen LogP contribution in [-0.2, 0) is 4.79 Å². The molecule has 0 saturated carbocycles. The molecule has 340 valence electrons. The van der Waals surface area contributed by atoms with Crippen LogP contribution in [0.2, 0.25) is 0 Å². The van der Waals surface area contributed by atoms with Gasteiger partial charge in [-0.2, -0.15) is 0 Å². The first-order valence-corrected chi connectivity index (χ1v) is 25.9. The predicted octanol–water partition coefficient (Wildman–Crippen LogP) is 16.7. The van der Waals surface area contributed by atoms with Crippen LogP contribution >= 0.6 is 0 Å². The average molecular weight is 812 g/mol. The zero-order valence-corrected chi connectivity index (χ0v) is 39.1. The number of amides is 1. The quantitative estimate of drug-likeness (QED) is 0.0423. The summed E-state index contributed by atoms with van der Waals surface area (Å²) in [6.45, 7) is 4.31. The molecule has 0 spiro atoms. The predicted molar refractivity (Wildman–Crippen MR) is 258 cm³/mol. The molecule has 0 aromatic heterocycles. The van der Waals surface area contributed by atoms with Gasteiger partial charge in [0.2, 0.25) is 5.91 Å². The summed E-state index contributed by atoms with van der Waals surface area (Å²) >= 11 is 0. The molecule has 0 heterocycles. The highest BCUT2D eigenvalue weighted by atomic mass is 16.3. The van der Waals surface area contributed by atoms with E-state index in [9.17, 15) is 15.0 Å². The number of carbonyl (C=O) groups excluding carboxylic acids is 1. The summed E-state index contributed by atoms with van der Waals surface area (Å²) < 4.78 is 0. The Kier molecular flexibility index (Phi) is 48.3. The molecule has 58 heavy (non-hydrogen) atoms. The Morgan fingerprint density at radius 3 is 1.05 bits per heavy atom. The standard InChI is InChI=1S/C54H101NO3/c1-3-5-7-9-11-13-15-17-19-21-23-25-27-29-31-33-35-37-39-41-43-45-47-49-53(57)52(51-56)55-54(58)50-48-46-44-42-40-38-36-34-32-30-28-26-24-22-20-18-16-14-12-10-8-6-4-2/h16,18,22,24,28,30,47,49,52-53,56-57H,3-15,17,19-21,23,25-27,29,31-46,48,50-51H2,1-2H3,(H,55,58)/b18-16-,24-22-,30-28-,49-47+. The lowest BCUT2D eigenvalue weighted by Gasteiger charge is -2.20. The van der Waals surface area contributed by atoms with E-state index in [1.807, 2.05) is 6.08 Å². The summed E-state index contributed by atoms with van der Waals surface area (Å²) in [6.07, 6.45) is 68.1. The molecular formula is C54H101NO3. The zero-order valence-electron chi connectivity index (χ0n) is 39.1. The van der Waals surface area contributed by atoms with Gasteiger partial charge in [0, 0.05) is 6.42 Å². The summed E-state index contributed by atoms with van der Waals surface area (Å²) in [5.41, 5.74) is 0. The molecule has 0 saturated heterocycles. The van der Waals surface area contributed by atoms with Crippen molar-refractivity contribution in [3.63, 3.8) is 0 Å². The number of unbranched alkanes of at least 4 members (excludes halogenated alkanes) is 34. The fraction of sp³-hybridized carbons (Fsp3) is 0.833. The summed E-state index contributed by atoms with van der Waals surface area (Å²) in [5, 5.41) is 23.1. The Morgan fingerprint density at radius 2 is 0.707 bits per heavy atom. The van der Waals surface area contributed by atoms with Crippen LogP contribution in [0.4, 0.5) is 0 Å². The van der Waals surface area contributed by atoms with Crippen LogP contribution in [0.1, 0.15) is 271 Å². The van der Waals surface area contributed by atoms with Gasteiger partial charge in [0.05, 0.1) is 18.8 Å². The van der Waals surface area contributed by atoms with E-state index in [-0.39, 0.29) is 12.5 Å². The van der Waals surface area contributed by atoms with E-state index in [0.29, 0.717) is 6.42 Å². The number of allylic oxidation sites excluding steroid dienone is 7. The van der Waals surface area contributed by atoms with Crippen molar-refractivity contribution in [2.45, 2.75) is 283 Å². The Bertz CT molecular complexity index is 923. The van der Waals surface area contributed by atoms with Crippen molar-refractivity contribution >= 4 is 5.91 Å². The van der Waals surface area contributed by atoms with E-state index in [4.69, 9.17) is 0 Å². The van der Waals surface area contributed by atoms with Crippen LogP contribution in [0.5, 0.6) is 0 Å². The SMILES string of the molecule is CCCCCCC/C=C\C/C=C\C/C=C\CCCCCCCCCCC(=O)NC(CO)C(O)/C=C/CCCCCCCCCCCCCCCCCCCCCCC. The van der Waals surface area contributed by atoms with Crippen LogP contribution in [0.25, 0.3) is 0 Å². The minimum absolute atomic E-state index is 0.0697. The number of rotatable bonds is 47. The van der Waals surface area contributed by atoms with E-state index in [2.05, 4.69) is 55.6 Å². The van der Waals surface area contributed by atoms with Crippen LogP contribution < -0.4 is 5.32 Å². The highest BCUT2D eigenvalue weighted by molar-refractivity contribution is 5.76. The van der Waals surface area contributed by atoms with E-state index in [0.717, 1.165) is 38.5 Å². The second-order valence-corrected chi connectivity index (χ2v) is 17.6. The molecule has 0 aromatic carbocycles. The number of aliphatic hydroxyl groups excluding tert-OH is 2. The smallest absolute Gasteiger partial charge is 0.220 e. The van der Waals surface area contributed by atoms with Gasteiger partial charge in [0.1, 0.15) is 0 Å². The van der Waals surface area contributed by atoms with Gasteiger partial charge in [0.15, 0.2) is 0 Å². The van der Waals surface area contributed by atoms with Gasteiger partial charge in [-0.05, 0) is 57.8 Å². The van der Waals surface area contributed by atoms with Gasteiger partial charge in [-0.15, -0.1) is 0 Å². The lowest BCUT2D eigenvalue weighted by Crippen LogP contribution is -2.45.